The van der Waals surface area contributed by atoms with Gasteiger partial charge in [-0.2, -0.15) is 0 Å². The molecule has 0 bridgehead atoms. The minimum absolute atomic E-state index is 0.634. The van der Waals surface area contributed by atoms with Gasteiger partial charge in [0.2, 0.25) is 5.88 Å². The Hall–Kier alpha value is -1.58. The van der Waals surface area contributed by atoms with Crippen LogP contribution in [0.5, 0.6) is 11.6 Å². The number of rotatable bonds is 5. The first-order valence-corrected chi connectivity index (χ1v) is 7.08. The lowest BCUT2D eigenvalue weighted by molar-refractivity contribution is 0.457. The molecule has 106 valence electrons. The number of nitrogens with zero attached hydrogens (tertiary/aromatic N) is 1. The van der Waals surface area contributed by atoms with E-state index in [1.807, 2.05) is 38.4 Å². The number of ether oxygens (including phenoxy) is 1. The summed E-state index contributed by atoms with van der Waals surface area (Å²) in [6, 6.07) is 7.77. The van der Waals surface area contributed by atoms with E-state index in [0.717, 1.165) is 40.4 Å². The first-order valence-electron chi connectivity index (χ1n) is 6.70. The summed E-state index contributed by atoms with van der Waals surface area (Å²) < 4.78 is 5.85. The normalized spacial score (nSPS) is 10.6. The summed E-state index contributed by atoms with van der Waals surface area (Å²) >= 11 is 6.11. The molecule has 0 fully saturated rings. The zero-order valence-electron chi connectivity index (χ0n) is 12.0. The van der Waals surface area contributed by atoms with Crippen LogP contribution in [-0.2, 0) is 13.0 Å². The Balaban J connectivity index is 2.21. The first kappa shape index (κ1) is 14.8. The van der Waals surface area contributed by atoms with Crippen molar-refractivity contribution in [2.75, 3.05) is 7.05 Å². The van der Waals surface area contributed by atoms with Crippen LogP contribution in [0.15, 0.2) is 30.5 Å². The van der Waals surface area contributed by atoms with E-state index >= 15 is 0 Å². The molecule has 4 heteroatoms. The van der Waals surface area contributed by atoms with Gasteiger partial charge in [-0.15, -0.1) is 0 Å². The van der Waals surface area contributed by atoms with Gasteiger partial charge < -0.3 is 10.1 Å². The number of nitrogens with one attached hydrogen (secondary N) is 1. The van der Waals surface area contributed by atoms with Crippen molar-refractivity contribution in [3.05, 3.63) is 52.2 Å². The predicted octanol–water partition coefficient (Wildman–Crippen LogP) is 4.12. The molecule has 20 heavy (non-hydrogen) atoms. The lowest BCUT2D eigenvalue weighted by atomic mass is 10.1. The van der Waals surface area contributed by atoms with Gasteiger partial charge >= 0.3 is 0 Å². The fourth-order valence-electron chi connectivity index (χ4n) is 2.03. The van der Waals surface area contributed by atoms with Gasteiger partial charge in [0.25, 0.3) is 0 Å². The molecule has 0 amide bonds. The first-order chi connectivity index (χ1) is 9.63. The Bertz CT molecular complexity index is 599. The highest BCUT2D eigenvalue weighted by molar-refractivity contribution is 6.31. The SMILES string of the molecule is CCc1cc(Oc2ncc(CNC)cc2C)ccc1Cl. The van der Waals surface area contributed by atoms with Gasteiger partial charge in [-0.3, -0.25) is 0 Å². The smallest absolute Gasteiger partial charge is 0.222 e. The van der Waals surface area contributed by atoms with Gasteiger partial charge in [0, 0.05) is 23.3 Å². The Morgan fingerprint density at radius 3 is 2.75 bits per heavy atom. The summed E-state index contributed by atoms with van der Waals surface area (Å²) in [4.78, 5) is 4.37. The number of hydrogen-bond donors (Lipinski definition) is 1. The molecule has 0 aliphatic heterocycles. The monoisotopic (exact) mass is 290 g/mol. The molecule has 0 spiro atoms. The fourth-order valence-corrected chi connectivity index (χ4v) is 2.28. The predicted molar refractivity (Wildman–Crippen MR) is 82.6 cm³/mol. The molecule has 0 unspecified atom stereocenters. The molecule has 1 heterocycles. The van der Waals surface area contributed by atoms with Crippen LogP contribution in [0.1, 0.15) is 23.6 Å². The average molecular weight is 291 g/mol. The average Bonchev–Trinajstić information content (AvgIpc) is 2.44. The summed E-state index contributed by atoms with van der Waals surface area (Å²) in [6.07, 6.45) is 2.71. The molecule has 0 radical (unpaired) electrons. The number of halogens is 1. The number of aryl methyl sites for hydroxylation is 2. The van der Waals surface area contributed by atoms with Crippen LogP contribution in [0.3, 0.4) is 0 Å². The lowest BCUT2D eigenvalue weighted by Gasteiger charge is -2.10. The third-order valence-corrected chi connectivity index (χ3v) is 3.45. The molecule has 1 aromatic heterocycles. The van der Waals surface area contributed by atoms with Crippen molar-refractivity contribution < 1.29 is 4.74 Å². The van der Waals surface area contributed by atoms with E-state index in [4.69, 9.17) is 16.3 Å². The van der Waals surface area contributed by atoms with E-state index < -0.39 is 0 Å². The van der Waals surface area contributed by atoms with E-state index in [1.54, 1.807) is 0 Å². The van der Waals surface area contributed by atoms with Gasteiger partial charge in [-0.05, 0) is 55.8 Å². The standard InChI is InChI=1S/C16H19ClN2O/c1-4-13-8-14(5-6-15(13)17)20-16-11(2)7-12(9-18-3)10-19-16/h5-8,10,18H,4,9H2,1-3H3. The minimum atomic E-state index is 0.634. The van der Waals surface area contributed by atoms with Crippen molar-refractivity contribution >= 4 is 11.6 Å². The third-order valence-electron chi connectivity index (χ3n) is 3.08. The molecule has 0 aliphatic carbocycles. The second kappa shape index (κ2) is 6.73. The Morgan fingerprint density at radius 1 is 1.30 bits per heavy atom. The van der Waals surface area contributed by atoms with E-state index in [-0.39, 0.29) is 0 Å². The van der Waals surface area contributed by atoms with Gasteiger partial charge in [0.1, 0.15) is 5.75 Å². The summed E-state index contributed by atoms with van der Waals surface area (Å²) in [5.74, 6) is 1.40. The van der Waals surface area contributed by atoms with Crippen LogP contribution in [-0.4, -0.2) is 12.0 Å². The quantitative estimate of drug-likeness (QED) is 0.899. The van der Waals surface area contributed by atoms with Crippen molar-refractivity contribution in [3.63, 3.8) is 0 Å². The molecule has 3 nitrogen and oxygen atoms in total. The van der Waals surface area contributed by atoms with Crippen LogP contribution in [0.4, 0.5) is 0 Å². The number of hydrogen-bond acceptors (Lipinski definition) is 3. The fraction of sp³-hybridized carbons (Fsp3) is 0.312. The summed E-state index contributed by atoms with van der Waals surface area (Å²) in [5, 5.41) is 3.88. The highest BCUT2D eigenvalue weighted by Gasteiger charge is 2.06. The molecule has 0 saturated carbocycles. The van der Waals surface area contributed by atoms with Crippen molar-refractivity contribution in [2.45, 2.75) is 26.8 Å². The second-order valence-electron chi connectivity index (χ2n) is 4.70. The zero-order valence-corrected chi connectivity index (χ0v) is 12.8. The third kappa shape index (κ3) is 3.50. The summed E-state index contributed by atoms with van der Waals surface area (Å²) in [5.41, 5.74) is 3.24. The maximum absolute atomic E-state index is 6.11. The largest absolute Gasteiger partial charge is 0.439 e. The molecule has 2 rings (SSSR count). The molecular weight excluding hydrogens is 272 g/mol. The van der Waals surface area contributed by atoms with Crippen LogP contribution in [0.2, 0.25) is 5.02 Å². The highest BCUT2D eigenvalue weighted by atomic mass is 35.5. The number of aromatic nitrogens is 1. The topological polar surface area (TPSA) is 34.1 Å². The summed E-state index contributed by atoms with van der Waals surface area (Å²) in [7, 11) is 1.92. The zero-order chi connectivity index (χ0) is 14.5. The van der Waals surface area contributed by atoms with Crippen LogP contribution in [0, 0.1) is 6.92 Å². The van der Waals surface area contributed by atoms with E-state index in [9.17, 15) is 0 Å². The number of benzene rings is 1. The molecule has 2 aromatic rings. The maximum atomic E-state index is 6.11. The van der Waals surface area contributed by atoms with Gasteiger partial charge in [-0.1, -0.05) is 18.5 Å². The van der Waals surface area contributed by atoms with Crippen molar-refractivity contribution in [3.8, 4) is 11.6 Å². The molecule has 0 atom stereocenters. The Morgan fingerprint density at radius 2 is 2.10 bits per heavy atom. The second-order valence-corrected chi connectivity index (χ2v) is 5.11. The van der Waals surface area contributed by atoms with Crippen LogP contribution in [0.25, 0.3) is 0 Å². The van der Waals surface area contributed by atoms with Crippen molar-refractivity contribution in [1.29, 1.82) is 0 Å². The van der Waals surface area contributed by atoms with Crippen molar-refractivity contribution in [1.82, 2.24) is 10.3 Å². The highest BCUT2D eigenvalue weighted by Crippen LogP contribution is 2.27. The minimum Gasteiger partial charge on any atom is -0.439 e. The molecule has 1 aromatic carbocycles. The van der Waals surface area contributed by atoms with Gasteiger partial charge in [0.15, 0.2) is 0 Å². The van der Waals surface area contributed by atoms with Crippen molar-refractivity contribution in [2.24, 2.45) is 0 Å². The van der Waals surface area contributed by atoms with E-state index in [0.29, 0.717) is 5.88 Å². The van der Waals surface area contributed by atoms with Crippen LogP contribution < -0.4 is 10.1 Å². The lowest BCUT2D eigenvalue weighted by Crippen LogP contribution is -2.06. The Kier molecular flexibility index (Phi) is 4.99. The number of pyridine rings is 1. The summed E-state index contributed by atoms with van der Waals surface area (Å²) in [6.45, 7) is 4.87. The maximum Gasteiger partial charge on any atom is 0.222 e. The molecule has 1 N–H and O–H groups in total. The molecule has 0 saturated heterocycles. The van der Waals surface area contributed by atoms with Gasteiger partial charge in [0.05, 0.1) is 0 Å². The Labute approximate surface area is 124 Å². The molecule has 0 aliphatic rings. The molecular formula is C16H19ClN2O. The van der Waals surface area contributed by atoms with Crippen LogP contribution >= 0.6 is 11.6 Å². The van der Waals surface area contributed by atoms with Gasteiger partial charge in [-0.25, -0.2) is 4.98 Å². The van der Waals surface area contributed by atoms with E-state index in [1.165, 1.54) is 0 Å². The van der Waals surface area contributed by atoms with E-state index in [2.05, 4.69) is 23.3 Å².